The number of benzene rings is 3. The molecule has 0 unspecified atom stereocenters. The van der Waals surface area contributed by atoms with E-state index in [0.717, 1.165) is 26.9 Å². The van der Waals surface area contributed by atoms with Crippen molar-refractivity contribution in [2.45, 2.75) is 49.8 Å². The fourth-order valence-corrected chi connectivity index (χ4v) is 6.00. The molecule has 2 heterocycles. The van der Waals surface area contributed by atoms with Gasteiger partial charge in [0.25, 0.3) is 0 Å². The average molecular weight is 519 g/mol. The minimum atomic E-state index is -1.05. The number of esters is 1. The van der Waals surface area contributed by atoms with E-state index in [1.807, 2.05) is 99.6 Å². The minimum Gasteiger partial charge on any atom is -0.459 e. The number of rotatable bonds is 3. The zero-order valence-electron chi connectivity index (χ0n) is 19.3. The molecular formula is C28H27BrN2O3. The highest BCUT2D eigenvalue weighted by molar-refractivity contribution is 9.10. The first kappa shape index (κ1) is 22.8. The molecule has 0 aromatic heterocycles. The van der Waals surface area contributed by atoms with E-state index in [9.17, 15) is 9.59 Å². The van der Waals surface area contributed by atoms with Gasteiger partial charge in [-0.3, -0.25) is 14.9 Å². The number of ether oxygens (including phenoxy) is 1. The lowest BCUT2D eigenvalue weighted by Gasteiger charge is -2.36. The summed E-state index contributed by atoms with van der Waals surface area (Å²) in [6, 6.07) is 24.3. The van der Waals surface area contributed by atoms with Gasteiger partial charge in [0.2, 0.25) is 5.91 Å². The van der Waals surface area contributed by atoms with Crippen LogP contribution in [0.4, 0.5) is 5.69 Å². The number of anilines is 1. The Bertz CT molecular complexity index is 1250. The number of hydrogen-bond acceptors (Lipinski definition) is 4. The zero-order valence-corrected chi connectivity index (χ0v) is 20.9. The lowest BCUT2D eigenvalue weighted by molar-refractivity contribution is -0.157. The van der Waals surface area contributed by atoms with Crippen LogP contribution in [0.1, 0.15) is 49.4 Å². The summed E-state index contributed by atoms with van der Waals surface area (Å²) in [4.78, 5) is 27.7. The summed E-state index contributed by atoms with van der Waals surface area (Å²) >= 11 is 3.70. The number of fused-ring (bicyclic) bond motifs is 2. The van der Waals surface area contributed by atoms with Gasteiger partial charge < -0.3 is 10.1 Å². The zero-order chi connectivity index (χ0) is 24.1. The van der Waals surface area contributed by atoms with Gasteiger partial charge in [-0.2, -0.15) is 0 Å². The first-order valence-corrected chi connectivity index (χ1v) is 12.2. The van der Waals surface area contributed by atoms with E-state index >= 15 is 0 Å². The highest BCUT2D eigenvalue weighted by Gasteiger charge is 2.66. The molecule has 2 aliphatic heterocycles. The van der Waals surface area contributed by atoms with Crippen LogP contribution in [0.15, 0.2) is 83.3 Å². The maximum absolute atomic E-state index is 14.1. The van der Waals surface area contributed by atoms with Crippen LogP contribution in [-0.2, 0) is 19.7 Å². The Kier molecular flexibility index (Phi) is 5.61. The second-order valence-electron chi connectivity index (χ2n) is 9.89. The first-order valence-electron chi connectivity index (χ1n) is 11.4. The maximum atomic E-state index is 14.1. The lowest BCUT2D eigenvalue weighted by atomic mass is 9.63. The van der Waals surface area contributed by atoms with Crippen LogP contribution < -0.4 is 10.6 Å². The van der Waals surface area contributed by atoms with Crippen LogP contribution >= 0.6 is 15.9 Å². The monoisotopic (exact) mass is 518 g/mol. The number of nitrogens with one attached hydrogen (secondary N) is 2. The molecule has 1 amide bonds. The molecule has 5 rings (SSSR count). The van der Waals surface area contributed by atoms with Crippen molar-refractivity contribution in [1.29, 1.82) is 0 Å². The molecule has 3 aromatic carbocycles. The van der Waals surface area contributed by atoms with Gasteiger partial charge in [0, 0.05) is 16.1 Å². The molecule has 0 saturated carbocycles. The highest BCUT2D eigenvalue weighted by atomic mass is 79.9. The number of para-hydroxylation sites is 1. The molecule has 174 valence electrons. The molecule has 0 bridgehead atoms. The van der Waals surface area contributed by atoms with Crippen molar-refractivity contribution in [2.24, 2.45) is 0 Å². The summed E-state index contributed by atoms with van der Waals surface area (Å²) in [6.07, 6.45) is 0. The normalized spacial score (nSPS) is 25.8. The van der Waals surface area contributed by atoms with Crippen molar-refractivity contribution >= 4 is 33.5 Å². The lowest BCUT2D eigenvalue weighted by Crippen LogP contribution is -2.45. The van der Waals surface area contributed by atoms with Gasteiger partial charge in [0.05, 0.1) is 6.04 Å². The van der Waals surface area contributed by atoms with Crippen LogP contribution in [0, 0.1) is 0 Å². The molecule has 1 spiro atoms. The van der Waals surface area contributed by atoms with Crippen LogP contribution in [0.2, 0.25) is 0 Å². The van der Waals surface area contributed by atoms with Gasteiger partial charge in [0.15, 0.2) is 0 Å². The number of carbonyl (C=O) groups is 2. The predicted octanol–water partition coefficient (Wildman–Crippen LogP) is 5.48. The van der Waals surface area contributed by atoms with Crippen molar-refractivity contribution in [3.63, 3.8) is 0 Å². The summed E-state index contributed by atoms with van der Waals surface area (Å²) in [5.74, 6) is -1.00. The van der Waals surface area contributed by atoms with E-state index in [2.05, 4.69) is 26.6 Å². The molecular weight excluding hydrogens is 492 g/mol. The van der Waals surface area contributed by atoms with E-state index in [1.165, 1.54) is 0 Å². The second kappa shape index (κ2) is 8.36. The molecule has 3 aromatic rings. The van der Waals surface area contributed by atoms with Crippen molar-refractivity contribution in [3.05, 3.63) is 100 Å². The summed E-state index contributed by atoms with van der Waals surface area (Å²) in [5.41, 5.74) is 1.77. The van der Waals surface area contributed by atoms with Gasteiger partial charge in [-0.15, -0.1) is 0 Å². The van der Waals surface area contributed by atoms with Crippen molar-refractivity contribution < 1.29 is 14.3 Å². The maximum Gasteiger partial charge on any atom is 0.324 e. The van der Waals surface area contributed by atoms with E-state index in [0.29, 0.717) is 0 Å². The summed E-state index contributed by atoms with van der Waals surface area (Å²) in [6.45, 7) is 5.57. The van der Waals surface area contributed by atoms with E-state index in [1.54, 1.807) is 0 Å². The Balaban J connectivity index is 1.80. The standard InChI is InChI=1S/C28H27BrN2O3/c1-27(2,3)34-25(32)23-22(18-13-7-9-15-20(18)29)28(24(31-23)17-11-5-4-6-12-17)19-14-8-10-16-21(19)30-26(28)33/h4-16,22-24,31H,1-3H3,(H,30,33)/t22-,23+,24-,28-/m1/s1. The van der Waals surface area contributed by atoms with E-state index < -0.39 is 29.0 Å². The highest BCUT2D eigenvalue weighted by Crippen LogP contribution is 2.60. The van der Waals surface area contributed by atoms with Crippen LogP contribution in [0.25, 0.3) is 0 Å². The minimum absolute atomic E-state index is 0.123. The third kappa shape index (κ3) is 3.56. The number of hydrogen-bond donors (Lipinski definition) is 2. The SMILES string of the molecule is CC(C)(C)OC(=O)[C@H]1N[C@H](c2ccccc2)[C@]2(C(=O)Nc3ccccc32)[C@@H]1c1ccccc1Br. The quantitative estimate of drug-likeness (QED) is 0.450. The fraction of sp³-hybridized carbons (Fsp3) is 0.286. The smallest absolute Gasteiger partial charge is 0.324 e. The van der Waals surface area contributed by atoms with Gasteiger partial charge in [-0.05, 0) is 49.6 Å². The summed E-state index contributed by atoms with van der Waals surface area (Å²) in [7, 11) is 0. The first-order chi connectivity index (χ1) is 16.2. The van der Waals surface area contributed by atoms with Gasteiger partial charge in [-0.1, -0.05) is 82.7 Å². The molecule has 1 saturated heterocycles. The Morgan fingerprint density at radius 2 is 1.59 bits per heavy atom. The Morgan fingerprint density at radius 1 is 0.941 bits per heavy atom. The van der Waals surface area contributed by atoms with Crippen molar-refractivity contribution in [2.75, 3.05) is 5.32 Å². The van der Waals surface area contributed by atoms with Crippen LogP contribution in [0.5, 0.6) is 0 Å². The summed E-state index contributed by atoms with van der Waals surface area (Å²) < 4.78 is 6.72. The number of amides is 1. The molecule has 4 atom stereocenters. The molecule has 2 aliphatic rings. The molecule has 34 heavy (non-hydrogen) atoms. The molecule has 5 nitrogen and oxygen atoms in total. The molecule has 0 radical (unpaired) electrons. The molecule has 2 N–H and O–H groups in total. The second-order valence-corrected chi connectivity index (χ2v) is 10.7. The van der Waals surface area contributed by atoms with Crippen LogP contribution in [-0.4, -0.2) is 23.5 Å². The van der Waals surface area contributed by atoms with Crippen molar-refractivity contribution in [1.82, 2.24) is 5.32 Å². The van der Waals surface area contributed by atoms with Gasteiger partial charge in [0.1, 0.15) is 17.1 Å². The number of halogens is 1. The third-order valence-electron chi connectivity index (χ3n) is 6.66. The van der Waals surface area contributed by atoms with Gasteiger partial charge >= 0.3 is 5.97 Å². The molecule has 1 fully saturated rings. The fourth-order valence-electron chi connectivity index (χ4n) is 5.47. The van der Waals surface area contributed by atoms with Gasteiger partial charge in [-0.25, -0.2) is 0 Å². The number of carbonyl (C=O) groups excluding carboxylic acids is 2. The summed E-state index contributed by atoms with van der Waals surface area (Å²) in [5, 5.41) is 6.66. The molecule has 0 aliphatic carbocycles. The topological polar surface area (TPSA) is 67.4 Å². The third-order valence-corrected chi connectivity index (χ3v) is 7.38. The average Bonchev–Trinajstić information content (AvgIpc) is 3.30. The predicted molar refractivity (Wildman–Crippen MR) is 136 cm³/mol. The van der Waals surface area contributed by atoms with Crippen LogP contribution in [0.3, 0.4) is 0 Å². The molecule has 6 heteroatoms. The van der Waals surface area contributed by atoms with E-state index in [-0.39, 0.29) is 11.9 Å². The Labute approximate surface area is 208 Å². The Morgan fingerprint density at radius 3 is 2.29 bits per heavy atom. The Hall–Kier alpha value is -2.96. The largest absolute Gasteiger partial charge is 0.459 e. The van der Waals surface area contributed by atoms with Crippen molar-refractivity contribution in [3.8, 4) is 0 Å². The van der Waals surface area contributed by atoms with E-state index in [4.69, 9.17) is 4.74 Å².